The second kappa shape index (κ2) is 7.59. The number of ether oxygens (including phenoxy) is 2. The molecule has 0 saturated heterocycles. The Bertz CT molecular complexity index is 1030. The van der Waals surface area contributed by atoms with Crippen LogP contribution in [-0.4, -0.2) is 43.1 Å². The number of hydrogen-bond acceptors (Lipinski definition) is 6. The molecule has 4 rings (SSSR count). The lowest BCUT2D eigenvalue weighted by molar-refractivity contribution is -0.139. The molecule has 0 aliphatic heterocycles. The summed E-state index contributed by atoms with van der Waals surface area (Å²) < 4.78 is 14.4. The van der Waals surface area contributed by atoms with Gasteiger partial charge < -0.3 is 13.9 Å². The van der Waals surface area contributed by atoms with Crippen LogP contribution in [0, 0.1) is 0 Å². The van der Waals surface area contributed by atoms with Crippen molar-refractivity contribution in [3.05, 3.63) is 47.2 Å². The van der Waals surface area contributed by atoms with Crippen LogP contribution in [0.25, 0.3) is 5.65 Å². The van der Waals surface area contributed by atoms with Crippen LogP contribution in [0.15, 0.2) is 24.7 Å². The van der Waals surface area contributed by atoms with Crippen LogP contribution in [0.3, 0.4) is 0 Å². The average molecular weight is 397 g/mol. The molecule has 0 amide bonds. The summed E-state index contributed by atoms with van der Waals surface area (Å²) in [4.78, 5) is 16.6. The molecule has 8 nitrogen and oxygen atoms in total. The van der Waals surface area contributed by atoms with Gasteiger partial charge >= 0.3 is 5.97 Å². The van der Waals surface area contributed by atoms with Gasteiger partial charge in [-0.3, -0.25) is 4.79 Å². The number of methoxy groups -OCH3 is 1. The molecule has 1 aliphatic rings. The molecule has 0 radical (unpaired) electrons. The third kappa shape index (κ3) is 4.82. The molecule has 0 spiro atoms. The van der Waals surface area contributed by atoms with Crippen molar-refractivity contribution < 1.29 is 14.3 Å². The van der Waals surface area contributed by atoms with Crippen LogP contribution >= 0.6 is 0 Å². The minimum Gasteiger partial charge on any atom is -0.469 e. The Labute approximate surface area is 169 Å². The van der Waals surface area contributed by atoms with Crippen LogP contribution in [0.1, 0.15) is 62.0 Å². The minimum absolute atomic E-state index is 0.217. The summed E-state index contributed by atoms with van der Waals surface area (Å²) in [5.74, 6) is 0.325. The molecular formula is C21H27N5O3. The number of carbonyl (C=O) groups excluding carboxylic acids is 1. The molecule has 1 fully saturated rings. The van der Waals surface area contributed by atoms with Crippen molar-refractivity contribution in [3.63, 3.8) is 0 Å². The maximum atomic E-state index is 11.9. The van der Waals surface area contributed by atoms with E-state index in [1.165, 1.54) is 25.5 Å². The standard InChI is InChI=1S/C21H27N5O3/c1-21(2,3)29-13-18-12-26(24-23-18)11-17-10-25-9-16(14-5-6-14)7-15(20(25)22-17)8-19(27)28-4/h7,9-10,12,14H,5-6,8,11,13H2,1-4H3. The van der Waals surface area contributed by atoms with Crippen molar-refractivity contribution in [1.82, 2.24) is 24.4 Å². The molecule has 0 unspecified atom stereocenters. The lowest BCUT2D eigenvalue weighted by atomic mass is 10.1. The Balaban J connectivity index is 1.56. The summed E-state index contributed by atoms with van der Waals surface area (Å²) in [6.07, 6.45) is 8.60. The maximum Gasteiger partial charge on any atom is 0.310 e. The fraction of sp³-hybridized carbons (Fsp3) is 0.524. The summed E-state index contributed by atoms with van der Waals surface area (Å²) in [7, 11) is 1.41. The van der Waals surface area contributed by atoms with E-state index >= 15 is 0 Å². The molecule has 3 aromatic heterocycles. The Morgan fingerprint density at radius 2 is 2.00 bits per heavy atom. The summed E-state index contributed by atoms with van der Waals surface area (Å²) in [5.41, 5.74) is 4.35. The highest BCUT2D eigenvalue weighted by molar-refractivity contribution is 5.75. The van der Waals surface area contributed by atoms with Gasteiger partial charge in [-0.15, -0.1) is 5.10 Å². The van der Waals surface area contributed by atoms with Gasteiger partial charge in [0.25, 0.3) is 0 Å². The van der Waals surface area contributed by atoms with Crippen molar-refractivity contribution in [1.29, 1.82) is 0 Å². The van der Waals surface area contributed by atoms with Crippen LogP contribution in [0.2, 0.25) is 0 Å². The molecule has 8 heteroatoms. The molecule has 3 aromatic rings. The first-order chi connectivity index (χ1) is 13.8. The summed E-state index contributed by atoms with van der Waals surface area (Å²) in [5, 5.41) is 8.36. The van der Waals surface area contributed by atoms with Gasteiger partial charge in [-0.2, -0.15) is 0 Å². The van der Waals surface area contributed by atoms with Crippen molar-refractivity contribution >= 4 is 11.6 Å². The minimum atomic E-state index is -0.260. The fourth-order valence-corrected chi connectivity index (χ4v) is 3.26. The molecule has 1 saturated carbocycles. The van der Waals surface area contributed by atoms with Crippen molar-refractivity contribution in [2.24, 2.45) is 0 Å². The maximum absolute atomic E-state index is 11.9. The number of rotatable bonds is 7. The van der Waals surface area contributed by atoms with E-state index in [-0.39, 0.29) is 18.0 Å². The highest BCUT2D eigenvalue weighted by Gasteiger charge is 2.25. The van der Waals surface area contributed by atoms with Gasteiger partial charge in [-0.05, 0) is 51.2 Å². The van der Waals surface area contributed by atoms with E-state index in [0.717, 1.165) is 22.6 Å². The van der Waals surface area contributed by atoms with E-state index in [1.54, 1.807) is 4.68 Å². The quantitative estimate of drug-likeness (QED) is 0.570. The second-order valence-corrected chi connectivity index (χ2v) is 8.60. The fourth-order valence-electron chi connectivity index (χ4n) is 3.26. The predicted molar refractivity (Wildman–Crippen MR) is 107 cm³/mol. The van der Waals surface area contributed by atoms with Gasteiger partial charge in [0.1, 0.15) is 11.3 Å². The molecule has 1 aliphatic carbocycles. The zero-order valence-corrected chi connectivity index (χ0v) is 17.4. The van der Waals surface area contributed by atoms with Gasteiger partial charge in [0.2, 0.25) is 0 Å². The lowest BCUT2D eigenvalue weighted by Gasteiger charge is -2.18. The van der Waals surface area contributed by atoms with Crippen molar-refractivity contribution in [2.45, 2.75) is 64.7 Å². The zero-order valence-electron chi connectivity index (χ0n) is 17.4. The molecule has 154 valence electrons. The van der Waals surface area contributed by atoms with E-state index in [4.69, 9.17) is 14.5 Å². The van der Waals surface area contributed by atoms with Crippen LogP contribution in [-0.2, 0) is 33.8 Å². The molecule has 0 aromatic carbocycles. The number of carbonyl (C=O) groups is 1. The number of hydrogen-bond donors (Lipinski definition) is 0. The average Bonchev–Trinajstić information content (AvgIpc) is 3.28. The first kappa shape index (κ1) is 19.6. The van der Waals surface area contributed by atoms with E-state index in [0.29, 0.717) is 19.1 Å². The molecule has 0 bridgehead atoms. The lowest BCUT2D eigenvalue weighted by Crippen LogP contribution is -2.18. The van der Waals surface area contributed by atoms with Gasteiger partial charge in [0, 0.05) is 18.0 Å². The molecular weight excluding hydrogens is 370 g/mol. The van der Waals surface area contributed by atoms with Gasteiger partial charge in [-0.25, -0.2) is 9.67 Å². The van der Waals surface area contributed by atoms with E-state index in [1.807, 2.05) is 37.6 Å². The molecule has 0 N–H and O–H groups in total. The topological polar surface area (TPSA) is 83.5 Å². The first-order valence-electron chi connectivity index (χ1n) is 9.91. The third-order valence-electron chi connectivity index (χ3n) is 4.87. The summed E-state index contributed by atoms with van der Waals surface area (Å²) >= 11 is 0. The number of esters is 1. The molecule has 0 atom stereocenters. The highest BCUT2D eigenvalue weighted by Crippen LogP contribution is 2.40. The Morgan fingerprint density at radius 3 is 2.69 bits per heavy atom. The number of pyridine rings is 1. The smallest absolute Gasteiger partial charge is 0.310 e. The number of fused-ring (bicyclic) bond motifs is 1. The van der Waals surface area contributed by atoms with Crippen molar-refractivity contribution in [3.8, 4) is 0 Å². The van der Waals surface area contributed by atoms with Gasteiger partial charge in [0.05, 0.1) is 44.2 Å². The van der Waals surface area contributed by atoms with E-state index < -0.39 is 0 Å². The number of aromatic nitrogens is 5. The van der Waals surface area contributed by atoms with Gasteiger partial charge in [-0.1, -0.05) is 5.21 Å². The van der Waals surface area contributed by atoms with E-state index in [9.17, 15) is 4.79 Å². The monoisotopic (exact) mass is 397 g/mol. The zero-order chi connectivity index (χ0) is 20.6. The Kier molecular flexibility index (Phi) is 5.12. The normalized spacial score (nSPS) is 14.5. The van der Waals surface area contributed by atoms with Crippen molar-refractivity contribution in [2.75, 3.05) is 7.11 Å². The second-order valence-electron chi connectivity index (χ2n) is 8.60. The predicted octanol–water partition coefficient (Wildman–Crippen LogP) is 2.88. The van der Waals surface area contributed by atoms with E-state index in [2.05, 4.69) is 22.6 Å². The van der Waals surface area contributed by atoms with Gasteiger partial charge in [0.15, 0.2) is 0 Å². The Morgan fingerprint density at radius 1 is 1.21 bits per heavy atom. The summed E-state index contributed by atoms with van der Waals surface area (Å²) in [6.45, 7) is 6.95. The number of imidazole rings is 1. The number of nitrogens with zero attached hydrogens (tertiary/aromatic N) is 5. The highest BCUT2D eigenvalue weighted by atomic mass is 16.5. The van der Waals surface area contributed by atoms with Crippen LogP contribution in [0.5, 0.6) is 0 Å². The van der Waals surface area contributed by atoms with Crippen LogP contribution in [0.4, 0.5) is 0 Å². The largest absolute Gasteiger partial charge is 0.469 e. The van der Waals surface area contributed by atoms with Crippen LogP contribution < -0.4 is 0 Å². The molecule has 29 heavy (non-hydrogen) atoms. The molecule has 3 heterocycles. The third-order valence-corrected chi connectivity index (χ3v) is 4.87. The Hall–Kier alpha value is -2.74. The summed E-state index contributed by atoms with van der Waals surface area (Å²) in [6, 6.07) is 2.10. The SMILES string of the molecule is COC(=O)Cc1cc(C2CC2)cn2cc(Cn3cc(COC(C)(C)C)nn3)nc12. The first-order valence-corrected chi connectivity index (χ1v) is 9.91.